The Kier molecular flexibility index (Phi) is 7.29. The first-order valence-corrected chi connectivity index (χ1v) is 10.7. The Labute approximate surface area is 179 Å². The van der Waals surface area contributed by atoms with Crippen LogP contribution in [0.1, 0.15) is 31.9 Å². The first-order chi connectivity index (χ1) is 14.5. The molecule has 0 unspecified atom stereocenters. The van der Waals surface area contributed by atoms with Gasteiger partial charge in [0, 0.05) is 24.6 Å². The number of anilines is 1. The zero-order chi connectivity index (χ0) is 21.5. The summed E-state index contributed by atoms with van der Waals surface area (Å²) in [6.45, 7) is 4.38. The highest BCUT2D eigenvalue weighted by Gasteiger charge is 2.21. The molecule has 8 nitrogen and oxygen atoms in total. The van der Waals surface area contributed by atoms with Crippen LogP contribution in [0.3, 0.4) is 0 Å². The lowest BCUT2D eigenvalue weighted by atomic mass is 10.2. The molecule has 0 radical (unpaired) electrons. The zero-order valence-electron chi connectivity index (χ0n) is 17.0. The molecule has 0 bridgehead atoms. The van der Waals surface area contributed by atoms with Gasteiger partial charge in [0.15, 0.2) is 5.16 Å². The van der Waals surface area contributed by atoms with Crippen LogP contribution in [0.25, 0.3) is 0 Å². The molecule has 0 saturated heterocycles. The SMILES string of the molecule is CC(C)N(C(=O)CSc1nnc(CCC(N)=O)n1Cc1ccco1)c1ccccc1. The van der Waals surface area contributed by atoms with Gasteiger partial charge < -0.3 is 15.1 Å². The second kappa shape index (κ2) is 10.1. The van der Waals surface area contributed by atoms with E-state index < -0.39 is 5.91 Å². The molecular formula is C21H25N5O3S. The van der Waals surface area contributed by atoms with Gasteiger partial charge in [0.2, 0.25) is 11.8 Å². The largest absolute Gasteiger partial charge is 0.467 e. The lowest BCUT2D eigenvalue weighted by molar-refractivity contribution is -0.118. The van der Waals surface area contributed by atoms with Crippen LogP contribution in [-0.2, 0) is 22.6 Å². The molecule has 2 amide bonds. The maximum Gasteiger partial charge on any atom is 0.237 e. The minimum atomic E-state index is -0.401. The number of carbonyl (C=O) groups is 2. The smallest absolute Gasteiger partial charge is 0.237 e. The molecule has 1 aromatic carbocycles. The molecule has 0 aliphatic rings. The van der Waals surface area contributed by atoms with Crippen LogP contribution < -0.4 is 10.6 Å². The molecule has 2 heterocycles. The number of thioether (sulfide) groups is 1. The van der Waals surface area contributed by atoms with Gasteiger partial charge in [-0.2, -0.15) is 0 Å². The first-order valence-electron chi connectivity index (χ1n) is 9.68. The topological polar surface area (TPSA) is 107 Å². The number of furan rings is 1. The summed E-state index contributed by atoms with van der Waals surface area (Å²) in [7, 11) is 0. The number of aromatic nitrogens is 3. The van der Waals surface area contributed by atoms with Crippen molar-refractivity contribution in [3.8, 4) is 0 Å². The number of nitrogens with zero attached hydrogens (tertiary/aromatic N) is 4. The Morgan fingerprint density at radius 1 is 1.17 bits per heavy atom. The summed E-state index contributed by atoms with van der Waals surface area (Å²) >= 11 is 1.31. The van der Waals surface area contributed by atoms with Gasteiger partial charge in [-0.15, -0.1) is 10.2 Å². The van der Waals surface area contributed by atoms with Gasteiger partial charge in [0.1, 0.15) is 11.6 Å². The van der Waals surface area contributed by atoms with E-state index in [1.165, 1.54) is 11.8 Å². The molecule has 0 saturated carbocycles. The van der Waals surface area contributed by atoms with E-state index in [0.29, 0.717) is 23.9 Å². The van der Waals surface area contributed by atoms with E-state index in [1.807, 2.05) is 54.8 Å². The lowest BCUT2D eigenvalue weighted by Crippen LogP contribution is -2.38. The van der Waals surface area contributed by atoms with E-state index in [1.54, 1.807) is 17.2 Å². The normalized spacial score (nSPS) is 11.0. The van der Waals surface area contributed by atoms with Crippen LogP contribution in [0.15, 0.2) is 58.3 Å². The van der Waals surface area contributed by atoms with Gasteiger partial charge >= 0.3 is 0 Å². The number of primary amides is 1. The fourth-order valence-corrected chi connectivity index (χ4v) is 3.89. The number of hydrogen-bond donors (Lipinski definition) is 1. The van der Waals surface area contributed by atoms with Crippen molar-refractivity contribution in [2.45, 2.75) is 44.4 Å². The number of hydrogen-bond acceptors (Lipinski definition) is 6. The quantitative estimate of drug-likeness (QED) is 0.499. The predicted molar refractivity (Wildman–Crippen MR) is 115 cm³/mol. The fourth-order valence-electron chi connectivity index (χ4n) is 3.08. The number of nitrogens with two attached hydrogens (primary N) is 1. The maximum absolute atomic E-state index is 13.0. The number of amides is 2. The summed E-state index contributed by atoms with van der Waals surface area (Å²) in [5.74, 6) is 1.15. The zero-order valence-corrected chi connectivity index (χ0v) is 17.8. The minimum Gasteiger partial charge on any atom is -0.467 e. The van der Waals surface area contributed by atoms with Crippen molar-refractivity contribution >= 4 is 29.3 Å². The maximum atomic E-state index is 13.0. The van der Waals surface area contributed by atoms with Crippen molar-refractivity contribution in [3.63, 3.8) is 0 Å². The second-order valence-electron chi connectivity index (χ2n) is 7.01. The van der Waals surface area contributed by atoms with Crippen LogP contribution in [0.4, 0.5) is 5.69 Å². The number of carbonyl (C=O) groups excluding carboxylic acids is 2. The van der Waals surface area contributed by atoms with Crippen molar-refractivity contribution in [2.24, 2.45) is 5.73 Å². The summed E-state index contributed by atoms with van der Waals surface area (Å²) in [5, 5.41) is 9.03. The van der Waals surface area contributed by atoms with Gasteiger partial charge in [-0.3, -0.25) is 14.2 Å². The summed E-state index contributed by atoms with van der Waals surface area (Å²) in [4.78, 5) is 25.9. The number of aryl methyl sites for hydroxylation is 1. The number of benzene rings is 1. The van der Waals surface area contributed by atoms with Crippen LogP contribution in [0, 0.1) is 0 Å². The van der Waals surface area contributed by atoms with E-state index in [0.717, 1.165) is 11.4 Å². The Balaban J connectivity index is 1.76. The third-order valence-electron chi connectivity index (χ3n) is 4.43. The minimum absolute atomic E-state index is 0.0209. The van der Waals surface area contributed by atoms with Crippen molar-refractivity contribution in [1.82, 2.24) is 14.8 Å². The number of rotatable bonds is 10. The molecule has 3 rings (SSSR count). The van der Waals surface area contributed by atoms with E-state index in [-0.39, 0.29) is 24.1 Å². The highest BCUT2D eigenvalue weighted by atomic mass is 32.2. The molecule has 0 spiro atoms. The average Bonchev–Trinajstić information content (AvgIpc) is 3.36. The van der Waals surface area contributed by atoms with Crippen molar-refractivity contribution in [1.29, 1.82) is 0 Å². The van der Waals surface area contributed by atoms with E-state index >= 15 is 0 Å². The summed E-state index contributed by atoms with van der Waals surface area (Å²) in [5.41, 5.74) is 6.14. The molecule has 2 aromatic heterocycles. The molecule has 0 atom stereocenters. The standard InChI is InChI=1S/C21H25N5O3S/c1-15(2)26(16-7-4-3-5-8-16)20(28)14-30-21-24-23-19(11-10-18(22)27)25(21)13-17-9-6-12-29-17/h3-9,12,15H,10-11,13-14H2,1-2H3,(H2,22,27). The third kappa shape index (κ3) is 5.50. The van der Waals surface area contributed by atoms with Gasteiger partial charge in [0.05, 0.1) is 18.6 Å². The molecule has 0 fully saturated rings. The highest BCUT2D eigenvalue weighted by molar-refractivity contribution is 7.99. The Hall–Kier alpha value is -3.07. The lowest BCUT2D eigenvalue weighted by Gasteiger charge is -2.26. The average molecular weight is 428 g/mol. The molecule has 0 aliphatic carbocycles. The molecule has 30 heavy (non-hydrogen) atoms. The fraction of sp³-hybridized carbons (Fsp3) is 0.333. The molecule has 158 valence electrons. The molecular weight excluding hydrogens is 402 g/mol. The monoisotopic (exact) mass is 427 g/mol. The van der Waals surface area contributed by atoms with Gasteiger partial charge in [-0.05, 0) is 38.1 Å². The predicted octanol–water partition coefficient (Wildman–Crippen LogP) is 2.87. The third-order valence-corrected chi connectivity index (χ3v) is 5.38. The molecule has 2 N–H and O–H groups in total. The van der Waals surface area contributed by atoms with E-state index in [2.05, 4.69) is 10.2 Å². The molecule has 9 heteroatoms. The Bertz CT molecular complexity index is 970. The van der Waals surface area contributed by atoms with Crippen molar-refractivity contribution in [2.75, 3.05) is 10.7 Å². The van der Waals surface area contributed by atoms with Crippen LogP contribution in [0.2, 0.25) is 0 Å². The van der Waals surface area contributed by atoms with Crippen LogP contribution in [0.5, 0.6) is 0 Å². The summed E-state index contributed by atoms with van der Waals surface area (Å²) < 4.78 is 7.31. The number of para-hydroxylation sites is 1. The molecule has 0 aliphatic heterocycles. The van der Waals surface area contributed by atoms with Gasteiger partial charge in [-0.1, -0.05) is 30.0 Å². The molecule has 3 aromatic rings. The van der Waals surface area contributed by atoms with Gasteiger partial charge in [0.25, 0.3) is 0 Å². The first kappa shape index (κ1) is 21.6. The summed E-state index contributed by atoms with van der Waals surface area (Å²) in [6, 6.07) is 13.3. The van der Waals surface area contributed by atoms with Crippen molar-refractivity contribution < 1.29 is 14.0 Å². The van der Waals surface area contributed by atoms with Crippen LogP contribution >= 0.6 is 11.8 Å². The Morgan fingerprint density at radius 3 is 2.57 bits per heavy atom. The second-order valence-corrected chi connectivity index (χ2v) is 7.95. The highest BCUT2D eigenvalue weighted by Crippen LogP contribution is 2.23. The van der Waals surface area contributed by atoms with Gasteiger partial charge in [-0.25, -0.2) is 0 Å². The van der Waals surface area contributed by atoms with Crippen LogP contribution in [-0.4, -0.2) is 38.4 Å². The van der Waals surface area contributed by atoms with E-state index in [9.17, 15) is 9.59 Å². The summed E-state index contributed by atoms with van der Waals surface area (Å²) in [6.07, 6.45) is 2.15. The van der Waals surface area contributed by atoms with E-state index in [4.69, 9.17) is 10.2 Å². The Morgan fingerprint density at radius 2 is 1.93 bits per heavy atom. The van der Waals surface area contributed by atoms with Crippen molar-refractivity contribution in [3.05, 3.63) is 60.3 Å².